The largest absolute Gasteiger partial charge is 0.340 e. The number of hydrogen-bond acceptors (Lipinski definition) is 3. The summed E-state index contributed by atoms with van der Waals surface area (Å²) < 4.78 is 1.46. The molecule has 0 aromatic carbocycles. The first kappa shape index (κ1) is 14.1. The fourth-order valence-electron chi connectivity index (χ4n) is 3.40. The molecule has 5 nitrogen and oxygen atoms in total. The van der Waals surface area contributed by atoms with Crippen molar-refractivity contribution in [2.24, 2.45) is 5.41 Å². The third-order valence-corrected chi connectivity index (χ3v) is 4.51. The van der Waals surface area contributed by atoms with Gasteiger partial charge in [0.25, 0.3) is 5.56 Å². The summed E-state index contributed by atoms with van der Waals surface area (Å²) in [7, 11) is 0. The zero-order valence-electron chi connectivity index (χ0n) is 12.2. The molecule has 0 N–H and O–H groups in total. The van der Waals surface area contributed by atoms with E-state index in [4.69, 9.17) is 0 Å². The number of carbonyl (C=O) groups excluding carboxylic acids is 1. The first-order valence-corrected chi connectivity index (χ1v) is 7.38. The normalized spacial score (nSPS) is 20.5. The van der Waals surface area contributed by atoms with Crippen molar-refractivity contribution >= 4 is 5.91 Å². The van der Waals surface area contributed by atoms with Crippen LogP contribution in [-0.4, -0.2) is 53.0 Å². The van der Waals surface area contributed by atoms with Crippen molar-refractivity contribution in [2.75, 3.05) is 32.7 Å². The van der Waals surface area contributed by atoms with Gasteiger partial charge >= 0.3 is 0 Å². The highest BCUT2D eigenvalue weighted by molar-refractivity contribution is 5.77. The van der Waals surface area contributed by atoms with Gasteiger partial charge in [-0.25, -0.2) is 0 Å². The Morgan fingerprint density at radius 1 is 1.33 bits per heavy atom. The minimum Gasteiger partial charge on any atom is -0.340 e. The van der Waals surface area contributed by atoms with E-state index in [1.807, 2.05) is 11.0 Å². The van der Waals surface area contributed by atoms with Crippen LogP contribution in [0.3, 0.4) is 0 Å². The van der Waals surface area contributed by atoms with Gasteiger partial charge in [0.1, 0.15) is 6.54 Å². The quantitative estimate of drug-likeness (QED) is 0.761. The molecule has 5 heteroatoms. The molecule has 112 valence electrons. The number of hydrogen-bond donors (Lipinski definition) is 0. The fourth-order valence-corrected chi connectivity index (χ4v) is 3.40. The number of likely N-dealkylation sites (tertiary alicyclic amines) is 2. The van der Waals surface area contributed by atoms with Crippen molar-refractivity contribution in [1.29, 1.82) is 0 Å². The second kappa shape index (κ2) is 5.48. The molecule has 21 heavy (non-hydrogen) atoms. The van der Waals surface area contributed by atoms with Crippen LogP contribution in [0.4, 0.5) is 0 Å². The van der Waals surface area contributed by atoms with Crippen LogP contribution in [0.5, 0.6) is 0 Å². The van der Waals surface area contributed by atoms with E-state index in [1.54, 1.807) is 18.3 Å². The van der Waals surface area contributed by atoms with Crippen molar-refractivity contribution in [3.05, 3.63) is 47.4 Å². The van der Waals surface area contributed by atoms with Gasteiger partial charge in [-0.15, -0.1) is 6.58 Å². The Kier molecular flexibility index (Phi) is 3.68. The smallest absolute Gasteiger partial charge is 0.250 e. The maximum atomic E-state index is 12.2. The van der Waals surface area contributed by atoms with E-state index in [-0.39, 0.29) is 23.4 Å². The summed E-state index contributed by atoms with van der Waals surface area (Å²) in [5.41, 5.74) is 0.152. The maximum absolute atomic E-state index is 12.2. The van der Waals surface area contributed by atoms with Crippen molar-refractivity contribution in [1.82, 2.24) is 14.4 Å². The van der Waals surface area contributed by atoms with Gasteiger partial charge in [0, 0.05) is 43.9 Å². The fraction of sp³-hybridized carbons (Fsp3) is 0.500. The predicted octanol–water partition coefficient (Wildman–Crippen LogP) is 0.569. The Balaban J connectivity index is 1.55. The lowest BCUT2D eigenvalue weighted by Gasteiger charge is -2.48. The van der Waals surface area contributed by atoms with Crippen molar-refractivity contribution in [2.45, 2.75) is 13.0 Å². The molecule has 0 aliphatic carbocycles. The molecule has 0 unspecified atom stereocenters. The molecule has 0 radical (unpaired) electrons. The van der Waals surface area contributed by atoms with E-state index in [0.717, 1.165) is 39.1 Å². The van der Waals surface area contributed by atoms with Gasteiger partial charge in [-0.05, 0) is 19.0 Å². The average Bonchev–Trinajstić information content (AvgIpc) is 2.84. The molecule has 3 heterocycles. The number of amides is 1. The summed E-state index contributed by atoms with van der Waals surface area (Å²) in [6, 6.07) is 4.94. The number of aromatic nitrogens is 1. The van der Waals surface area contributed by atoms with Gasteiger partial charge in [0.05, 0.1) is 0 Å². The zero-order valence-corrected chi connectivity index (χ0v) is 12.2. The maximum Gasteiger partial charge on any atom is 0.250 e. The summed E-state index contributed by atoms with van der Waals surface area (Å²) in [4.78, 5) is 28.1. The van der Waals surface area contributed by atoms with E-state index < -0.39 is 0 Å². The van der Waals surface area contributed by atoms with Crippen molar-refractivity contribution in [3.63, 3.8) is 0 Å². The number of nitrogens with zero attached hydrogens (tertiary/aromatic N) is 3. The molecular formula is C16H21N3O2. The molecule has 1 aromatic rings. The molecule has 0 saturated carbocycles. The highest BCUT2D eigenvalue weighted by atomic mass is 16.2. The van der Waals surface area contributed by atoms with Crippen LogP contribution in [0.25, 0.3) is 0 Å². The van der Waals surface area contributed by atoms with Gasteiger partial charge in [-0.1, -0.05) is 12.1 Å². The van der Waals surface area contributed by atoms with Crippen LogP contribution in [0, 0.1) is 5.41 Å². The molecule has 3 rings (SSSR count). The van der Waals surface area contributed by atoms with Crippen LogP contribution in [0.15, 0.2) is 41.8 Å². The lowest BCUT2D eigenvalue weighted by molar-refractivity contribution is -0.143. The van der Waals surface area contributed by atoms with Crippen LogP contribution in [0.1, 0.15) is 6.42 Å². The van der Waals surface area contributed by atoms with Gasteiger partial charge in [-0.2, -0.15) is 0 Å². The zero-order chi connectivity index (χ0) is 14.9. The Morgan fingerprint density at radius 3 is 2.86 bits per heavy atom. The molecule has 1 aromatic heterocycles. The Hall–Kier alpha value is -1.88. The first-order valence-electron chi connectivity index (χ1n) is 7.38. The lowest BCUT2D eigenvalue weighted by Crippen LogP contribution is -2.60. The topological polar surface area (TPSA) is 45.5 Å². The molecule has 2 aliphatic heterocycles. The van der Waals surface area contributed by atoms with Crippen LogP contribution in [0.2, 0.25) is 0 Å². The van der Waals surface area contributed by atoms with E-state index in [1.165, 1.54) is 10.6 Å². The van der Waals surface area contributed by atoms with Gasteiger partial charge in [-0.3, -0.25) is 14.5 Å². The van der Waals surface area contributed by atoms with E-state index in [2.05, 4.69) is 11.5 Å². The predicted molar refractivity (Wildman–Crippen MR) is 81.0 cm³/mol. The lowest BCUT2D eigenvalue weighted by atomic mass is 9.79. The highest BCUT2D eigenvalue weighted by Crippen LogP contribution is 2.39. The number of rotatable bonds is 4. The Bertz CT molecular complexity index is 602. The van der Waals surface area contributed by atoms with E-state index in [9.17, 15) is 9.59 Å². The van der Waals surface area contributed by atoms with Crippen molar-refractivity contribution in [3.8, 4) is 0 Å². The molecule has 0 atom stereocenters. The summed E-state index contributed by atoms with van der Waals surface area (Å²) in [5, 5.41) is 0. The van der Waals surface area contributed by atoms with Crippen molar-refractivity contribution < 1.29 is 4.79 Å². The molecule has 0 bridgehead atoms. The second-order valence-corrected chi connectivity index (χ2v) is 6.19. The molecule has 2 aliphatic rings. The molecule has 1 spiro atoms. The first-order chi connectivity index (χ1) is 10.1. The molecule has 2 saturated heterocycles. The standard InChI is InChI=1S/C16H21N3O2/c1-2-7-17-9-6-16(11-17)12-19(13-16)15(21)10-18-8-4-3-5-14(18)20/h2-5,8H,1,6-7,9-13H2. The minimum absolute atomic E-state index is 0.0381. The molecular weight excluding hydrogens is 266 g/mol. The number of carbonyl (C=O) groups is 1. The summed E-state index contributed by atoms with van der Waals surface area (Å²) in [6.07, 6.45) is 4.75. The third kappa shape index (κ3) is 2.78. The van der Waals surface area contributed by atoms with E-state index in [0.29, 0.717) is 0 Å². The van der Waals surface area contributed by atoms with Gasteiger partial charge < -0.3 is 9.47 Å². The number of pyridine rings is 1. The summed E-state index contributed by atoms with van der Waals surface area (Å²) in [6.45, 7) is 8.63. The minimum atomic E-state index is -0.126. The van der Waals surface area contributed by atoms with Gasteiger partial charge in [0.2, 0.25) is 5.91 Å². The van der Waals surface area contributed by atoms with Gasteiger partial charge in [0.15, 0.2) is 0 Å². The summed E-state index contributed by atoms with van der Waals surface area (Å²) >= 11 is 0. The Morgan fingerprint density at radius 2 is 2.14 bits per heavy atom. The second-order valence-electron chi connectivity index (χ2n) is 6.19. The molecule has 2 fully saturated rings. The highest BCUT2D eigenvalue weighted by Gasteiger charge is 2.48. The van der Waals surface area contributed by atoms with Crippen LogP contribution in [-0.2, 0) is 11.3 Å². The average molecular weight is 287 g/mol. The van der Waals surface area contributed by atoms with Crippen LogP contribution >= 0.6 is 0 Å². The third-order valence-electron chi connectivity index (χ3n) is 4.51. The SMILES string of the molecule is C=CCN1CCC2(C1)CN(C(=O)Cn1ccccc1=O)C2. The van der Waals surface area contributed by atoms with Crippen LogP contribution < -0.4 is 5.56 Å². The monoisotopic (exact) mass is 287 g/mol. The Labute approximate surface area is 124 Å². The van der Waals surface area contributed by atoms with E-state index >= 15 is 0 Å². The molecule has 1 amide bonds. The summed E-state index contributed by atoms with van der Waals surface area (Å²) in [5.74, 6) is 0.0381.